The van der Waals surface area contributed by atoms with Crippen molar-refractivity contribution in [2.24, 2.45) is 0 Å². The van der Waals surface area contributed by atoms with Gasteiger partial charge in [-0.3, -0.25) is 4.79 Å². The van der Waals surface area contributed by atoms with Crippen molar-refractivity contribution in [2.45, 2.75) is 174 Å². The van der Waals surface area contributed by atoms with E-state index >= 15 is 0 Å². The van der Waals surface area contributed by atoms with Gasteiger partial charge in [0.05, 0.1) is 0 Å². The second-order valence-electron chi connectivity index (χ2n) is 11.3. The molecule has 0 unspecified atom stereocenters. The first-order valence-corrected chi connectivity index (χ1v) is 16.8. The molecule has 0 radical (unpaired) electrons. The van der Waals surface area contributed by atoms with Crippen LogP contribution in [-0.4, -0.2) is 14.3 Å². The molecule has 0 aromatic heterocycles. The van der Waals surface area contributed by atoms with E-state index in [0.717, 1.165) is 6.42 Å². The Balaban J connectivity index is 3.29. The number of hydrogen-bond acceptors (Lipinski definition) is 2. The lowest BCUT2D eigenvalue weighted by Crippen LogP contribution is -2.42. The minimum Gasteiger partial charge on any atom is -0.519 e. The SMILES string of the molecule is CCCCCCCCCCCCCCCCCCCCCC(=O)O[Si](C)(C)C(C)(C)C. The fourth-order valence-electron chi connectivity index (χ4n) is 3.84. The Labute approximate surface area is 197 Å². The predicted octanol–water partition coefficient (Wildman–Crippen LogP) is 10.4. The van der Waals surface area contributed by atoms with Gasteiger partial charge in [-0.1, -0.05) is 143 Å². The van der Waals surface area contributed by atoms with E-state index in [4.69, 9.17) is 4.43 Å². The Hall–Kier alpha value is -0.313. The van der Waals surface area contributed by atoms with Crippen molar-refractivity contribution in [3.63, 3.8) is 0 Å². The lowest BCUT2D eigenvalue weighted by atomic mass is 10.0. The molecule has 0 aromatic carbocycles. The maximum atomic E-state index is 12.1. The van der Waals surface area contributed by atoms with Gasteiger partial charge in [-0.15, -0.1) is 0 Å². The normalized spacial score (nSPS) is 12.3. The first-order valence-electron chi connectivity index (χ1n) is 13.9. The van der Waals surface area contributed by atoms with Crippen molar-refractivity contribution < 1.29 is 9.22 Å². The average molecular weight is 455 g/mol. The topological polar surface area (TPSA) is 26.3 Å². The Kier molecular flexibility index (Phi) is 19.0. The molecule has 0 aliphatic rings. The van der Waals surface area contributed by atoms with Crippen LogP contribution < -0.4 is 0 Å². The maximum absolute atomic E-state index is 12.1. The summed E-state index contributed by atoms with van der Waals surface area (Å²) in [6, 6.07) is 0. The molecule has 0 saturated carbocycles. The summed E-state index contributed by atoms with van der Waals surface area (Å²) in [5.74, 6) is 0.0264. The smallest absolute Gasteiger partial charge is 0.292 e. The maximum Gasteiger partial charge on any atom is 0.292 e. The van der Waals surface area contributed by atoms with Crippen LogP contribution in [0.5, 0.6) is 0 Å². The van der Waals surface area contributed by atoms with E-state index in [1.54, 1.807) is 0 Å². The Morgan fingerprint density at radius 1 is 0.581 bits per heavy atom. The molecule has 0 rings (SSSR count). The van der Waals surface area contributed by atoms with Crippen molar-refractivity contribution in [3.05, 3.63) is 0 Å². The van der Waals surface area contributed by atoms with E-state index in [0.29, 0.717) is 6.42 Å². The zero-order valence-electron chi connectivity index (χ0n) is 22.5. The fourth-order valence-corrected chi connectivity index (χ4v) is 4.81. The van der Waals surface area contributed by atoms with Gasteiger partial charge in [0.25, 0.3) is 14.3 Å². The second-order valence-corrected chi connectivity index (χ2v) is 16.1. The molecule has 2 nitrogen and oxygen atoms in total. The van der Waals surface area contributed by atoms with Crippen molar-refractivity contribution in [1.29, 1.82) is 0 Å². The van der Waals surface area contributed by atoms with Crippen LogP contribution in [0, 0.1) is 0 Å². The van der Waals surface area contributed by atoms with Crippen molar-refractivity contribution in [2.75, 3.05) is 0 Å². The molecule has 0 aliphatic heterocycles. The van der Waals surface area contributed by atoms with Gasteiger partial charge in [0.15, 0.2) is 0 Å². The summed E-state index contributed by atoms with van der Waals surface area (Å²) in [5, 5.41) is 0.107. The van der Waals surface area contributed by atoms with Gasteiger partial charge in [0, 0.05) is 6.42 Å². The van der Waals surface area contributed by atoms with E-state index < -0.39 is 8.32 Å². The van der Waals surface area contributed by atoms with Crippen molar-refractivity contribution in [3.8, 4) is 0 Å². The first-order chi connectivity index (χ1) is 14.7. The Bertz CT molecular complexity index is 412. The lowest BCUT2D eigenvalue weighted by molar-refractivity contribution is -0.135. The van der Waals surface area contributed by atoms with E-state index in [1.165, 1.54) is 116 Å². The number of unbranched alkanes of at least 4 members (excludes halogenated alkanes) is 18. The minimum absolute atomic E-state index is 0.0264. The second kappa shape index (κ2) is 19.2. The van der Waals surface area contributed by atoms with E-state index in [1.807, 2.05) is 0 Å². The molecular formula is C28H58O2Si. The van der Waals surface area contributed by atoms with Crippen molar-refractivity contribution >= 4 is 14.3 Å². The highest BCUT2D eigenvalue weighted by atomic mass is 28.4. The molecular weight excluding hydrogens is 396 g/mol. The highest BCUT2D eigenvalue weighted by Gasteiger charge is 2.40. The summed E-state index contributed by atoms with van der Waals surface area (Å²) in [5.41, 5.74) is 0. The number of carbonyl (C=O) groups excluding carboxylic acids is 1. The summed E-state index contributed by atoms with van der Waals surface area (Å²) >= 11 is 0. The summed E-state index contributed by atoms with van der Waals surface area (Å²) in [4.78, 5) is 12.1. The summed E-state index contributed by atoms with van der Waals surface area (Å²) in [6.45, 7) is 13.2. The zero-order valence-corrected chi connectivity index (χ0v) is 23.5. The summed E-state index contributed by atoms with van der Waals surface area (Å²) in [6.07, 6.45) is 26.8. The van der Waals surface area contributed by atoms with Crippen LogP contribution in [-0.2, 0) is 9.22 Å². The van der Waals surface area contributed by atoms with Crippen LogP contribution in [0.15, 0.2) is 0 Å². The molecule has 0 saturated heterocycles. The minimum atomic E-state index is -1.93. The van der Waals surface area contributed by atoms with Gasteiger partial charge in [0.2, 0.25) is 0 Å². The molecule has 0 bridgehead atoms. The molecule has 0 heterocycles. The van der Waals surface area contributed by atoms with E-state index in [-0.39, 0.29) is 11.0 Å². The van der Waals surface area contributed by atoms with Crippen molar-refractivity contribution in [1.82, 2.24) is 0 Å². The third kappa shape index (κ3) is 18.9. The Morgan fingerprint density at radius 2 is 0.871 bits per heavy atom. The van der Waals surface area contributed by atoms with Gasteiger partial charge in [0.1, 0.15) is 0 Å². The summed E-state index contributed by atoms with van der Waals surface area (Å²) in [7, 11) is -1.93. The molecule has 0 N–H and O–H groups in total. The number of rotatable bonds is 21. The van der Waals surface area contributed by atoms with E-state index in [2.05, 4.69) is 40.8 Å². The predicted molar refractivity (Wildman–Crippen MR) is 141 cm³/mol. The molecule has 0 spiro atoms. The van der Waals surface area contributed by atoms with E-state index in [9.17, 15) is 4.79 Å². The fraction of sp³-hybridized carbons (Fsp3) is 0.964. The van der Waals surface area contributed by atoms with Crippen LogP contribution >= 0.6 is 0 Å². The molecule has 186 valence electrons. The first kappa shape index (κ1) is 30.7. The standard InChI is InChI=1S/C28H58O2Si/c1-7-8-9-10-11-12-13-14-15-16-17-18-19-20-21-22-23-24-25-26-27(29)30-31(5,6)28(2,3)4/h7-26H2,1-6H3. The van der Waals surface area contributed by atoms with Crippen LogP contribution in [0.25, 0.3) is 0 Å². The molecule has 0 atom stereocenters. The highest BCUT2D eigenvalue weighted by molar-refractivity contribution is 6.75. The lowest BCUT2D eigenvalue weighted by Gasteiger charge is -2.35. The van der Waals surface area contributed by atoms with Gasteiger partial charge < -0.3 is 4.43 Å². The highest BCUT2D eigenvalue weighted by Crippen LogP contribution is 2.36. The number of carbonyl (C=O) groups is 1. The quantitative estimate of drug-likeness (QED) is 0.127. The molecule has 0 amide bonds. The third-order valence-electron chi connectivity index (χ3n) is 7.16. The molecule has 0 fully saturated rings. The monoisotopic (exact) mass is 454 g/mol. The largest absolute Gasteiger partial charge is 0.519 e. The van der Waals surface area contributed by atoms with Gasteiger partial charge in [-0.2, -0.15) is 0 Å². The molecule has 0 aliphatic carbocycles. The van der Waals surface area contributed by atoms with Gasteiger partial charge in [-0.25, -0.2) is 0 Å². The average Bonchev–Trinajstić information content (AvgIpc) is 2.68. The van der Waals surface area contributed by atoms with Gasteiger partial charge >= 0.3 is 0 Å². The molecule has 3 heteroatoms. The van der Waals surface area contributed by atoms with Crippen LogP contribution in [0.4, 0.5) is 0 Å². The summed E-state index contributed by atoms with van der Waals surface area (Å²) < 4.78 is 5.84. The molecule has 31 heavy (non-hydrogen) atoms. The third-order valence-corrected chi connectivity index (χ3v) is 11.5. The zero-order chi connectivity index (χ0) is 23.4. The Morgan fingerprint density at radius 3 is 1.16 bits per heavy atom. The van der Waals surface area contributed by atoms with Gasteiger partial charge in [-0.05, 0) is 24.6 Å². The van der Waals surface area contributed by atoms with Crippen LogP contribution in [0.2, 0.25) is 18.1 Å². The van der Waals surface area contributed by atoms with Crippen LogP contribution in [0.3, 0.4) is 0 Å². The van der Waals surface area contributed by atoms with Crippen LogP contribution in [0.1, 0.15) is 156 Å². The number of hydrogen-bond donors (Lipinski definition) is 0. The molecule has 0 aromatic rings.